The summed E-state index contributed by atoms with van der Waals surface area (Å²) >= 11 is 6.38. The first-order valence-corrected chi connectivity index (χ1v) is 25.7. The van der Waals surface area contributed by atoms with Crippen molar-refractivity contribution in [3.63, 3.8) is 0 Å². The van der Waals surface area contributed by atoms with Crippen molar-refractivity contribution >= 4 is 29.0 Å². The van der Waals surface area contributed by atoms with Crippen LogP contribution in [0.25, 0.3) is 0 Å². The van der Waals surface area contributed by atoms with Crippen molar-refractivity contribution in [3.8, 4) is 11.8 Å². The number of carbonyl (C=O) groups is 2. The first-order valence-electron chi connectivity index (χ1n) is 25.2. The summed E-state index contributed by atoms with van der Waals surface area (Å²) in [6.07, 6.45) is 15.5. The molecule has 9 rings (SSSR count). The highest BCUT2D eigenvalue weighted by atomic mass is 35.5. The van der Waals surface area contributed by atoms with Gasteiger partial charge in [-0.2, -0.15) is 0 Å². The number of fused-ring (bicyclic) bond motifs is 9. The van der Waals surface area contributed by atoms with Gasteiger partial charge in [-0.1, -0.05) is 62.9 Å². The zero-order chi connectivity index (χ0) is 45.3. The standard InChI is InChI=1S/C55H76ClNO7/c1-7-22-55(62)24-21-44-41-15-11-35-27-38(58)14-16-40(35)50(41)42(31-53(44,55)4)34-9-12-37(13-10-34)57(6)25-26-63-39-20-23-52(3)36(28-39)29-47(64-32-56)51-45-18-17-43(33(2)8-19-49(60)61)54(45,5)48(59)30-46(51)52/h9-10,12-13,27,33,36,39,41-48,51,59,62H,8,11,14-21,23-26,28-32H2,1-6H3,(H,60,61)/t33-,36+,39+,41+,42-,43-,44+,45+,46+,47-,48+,51+,52+,53+,54-,55-/m1/s1. The molecular weight excluding hydrogens is 822 g/mol. The van der Waals surface area contributed by atoms with Gasteiger partial charge >= 0.3 is 5.97 Å². The van der Waals surface area contributed by atoms with Crippen molar-refractivity contribution in [2.24, 2.45) is 63.6 Å². The Bertz CT molecular complexity index is 2070. The van der Waals surface area contributed by atoms with Crippen molar-refractivity contribution in [1.82, 2.24) is 0 Å². The summed E-state index contributed by atoms with van der Waals surface area (Å²) in [4.78, 5) is 26.3. The second kappa shape index (κ2) is 17.8. The van der Waals surface area contributed by atoms with Crippen LogP contribution in [0.5, 0.6) is 0 Å². The molecule has 9 heteroatoms. The van der Waals surface area contributed by atoms with Gasteiger partial charge in [-0.3, -0.25) is 9.59 Å². The van der Waals surface area contributed by atoms with Crippen LogP contribution < -0.4 is 4.90 Å². The molecule has 8 aliphatic carbocycles. The van der Waals surface area contributed by atoms with Gasteiger partial charge in [-0.15, -0.1) is 5.92 Å². The number of anilines is 1. The molecule has 0 amide bonds. The topological polar surface area (TPSA) is 117 Å². The number of likely N-dealkylation sites (N-methyl/N-ethyl adjacent to an activating group) is 1. The van der Waals surface area contributed by atoms with E-state index in [0.29, 0.717) is 60.9 Å². The van der Waals surface area contributed by atoms with Crippen LogP contribution in [0.2, 0.25) is 0 Å². The average molecular weight is 899 g/mol. The Morgan fingerprint density at radius 3 is 2.48 bits per heavy atom. The maximum absolute atomic E-state index is 12.5. The van der Waals surface area contributed by atoms with E-state index >= 15 is 0 Å². The number of aliphatic hydroxyl groups excluding tert-OH is 1. The number of carboxylic acids is 1. The third-order valence-electron chi connectivity index (χ3n) is 20.3. The van der Waals surface area contributed by atoms with Crippen LogP contribution in [-0.2, 0) is 19.1 Å². The minimum absolute atomic E-state index is 0.0527. The molecule has 0 radical (unpaired) electrons. The van der Waals surface area contributed by atoms with Gasteiger partial charge in [0, 0.05) is 43.5 Å². The molecule has 0 bridgehead atoms. The van der Waals surface area contributed by atoms with E-state index in [0.717, 1.165) is 95.7 Å². The van der Waals surface area contributed by atoms with Gasteiger partial charge in [0.15, 0.2) is 5.78 Å². The fraction of sp³-hybridized carbons (Fsp3) is 0.745. The minimum Gasteiger partial charge on any atom is -0.481 e. The van der Waals surface area contributed by atoms with Crippen molar-refractivity contribution in [2.45, 2.75) is 167 Å². The number of ketones is 1. The fourth-order valence-corrected chi connectivity index (χ4v) is 17.0. The molecule has 350 valence electrons. The van der Waals surface area contributed by atoms with Gasteiger partial charge in [0.05, 0.1) is 24.9 Å². The molecule has 8 nitrogen and oxygen atoms in total. The summed E-state index contributed by atoms with van der Waals surface area (Å²) in [5.74, 6) is 8.89. The molecule has 0 spiro atoms. The average Bonchev–Trinajstić information content (AvgIpc) is 3.76. The first-order chi connectivity index (χ1) is 30.6. The van der Waals surface area contributed by atoms with Crippen LogP contribution in [0.4, 0.5) is 5.69 Å². The molecule has 64 heavy (non-hydrogen) atoms. The Morgan fingerprint density at radius 2 is 1.75 bits per heavy atom. The number of aliphatic hydroxyl groups is 2. The lowest BCUT2D eigenvalue weighted by Crippen LogP contribution is -2.62. The largest absolute Gasteiger partial charge is 0.481 e. The Hall–Kier alpha value is -2.67. The molecule has 0 aromatic heterocycles. The van der Waals surface area contributed by atoms with Crippen LogP contribution in [0.15, 0.2) is 47.1 Å². The molecule has 0 saturated heterocycles. The van der Waals surface area contributed by atoms with E-state index < -0.39 is 17.7 Å². The number of alkyl halides is 1. The molecule has 1 aromatic rings. The van der Waals surface area contributed by atoms with Gasteiger partial charge in [0.2, 0.25) is 0 Å². The SMILES string of the molecule is CC#C[C@@]1(O)CC[C@H]2[C@@H]3CCC4=CC(=O)CCC4=C3[C@@H](c3ccc(N(C)CCO[C@H]4CC[C@@]5(C)[C@@H](C4)C[C@@H](OCCl)[C@@H]4[C@@H]5C[C@H](O)[C@]5(C)[C@@H]([C@H](C)CCC(=O)O)CC[C@@H]45)cc3)C[C@@]21C. The monoisotopic (exact) mass is 898 g/mol. The highest BCUT2D eigenvalue weighted by Gasteiger charge is 2.67. The molecule has 6 saturated carbocycles. The molecule has 0 aliphatic heterocycles. The van der Waals surface area contributed by atoms with Crippen LogP contribution in [0.1, 0.15) is 149 Å². The molecule has 6 fully saturated rings. The molecule has 0 unspecified atom stereocenters. The van der Waals surface area contributed by atoms with E-state index in [1.165, 1.54) is 16.7 Å². The predicted octanol–water partition coefficient (Wildman–Crippen LogP) is 10.5. The lowest BCUT2D eigenvalue weighted by Gasteiger charge is -2.64. The minimum atomic E-state index is -0.985. The third-order valence-corrected chi connectivity index (χ3v) is 20.4. The van der Waals surface area contributed by atoms with Gasteiger partial charge in [-0.05, 0) is 190 Å². The van der Waals surface area contributed by atoms with Crippen LogP contribution in [-0.4, -0.2) is 77.3 Å². The Morgan fingerprint density at radius 1 is 0.969 bits per heavy atom. The Labute approximate surface area is 388 Å². The summed E-state index contributed by atoms with van der Waals surface area (Å²) in [6.45, 7) is 12.6. The van der Waals surface area contributed by atoms with Crippen LogP contribution >= 0.6 is 11.6 Å². The number of hydrogen-bond donors (Lipinski definition) is 3. The summed E-state index contributed by atoms with van der Waals surface area (Å²) in [7, 11) is 2.15. The Balaban J connectivity index is 0.856. The first kappa shape index (κ1) is 46.4. The van der Waals surface area contributed by atoms with Gasteiger partial charge in [0.25, 0.3) is 0 Å². The van der Waals surface area contributed by atoms with E-state index in [2.05, 4.69) is 75.7 Å². The highest BCUT2D eigenvalue weighted by Crippen LogP contribution is 2.70. The number of hydrogen-bond acceptors (Lipinski definition) is 7. The fourth-order valence-electron chi connectivity index (χ4n) is 16.9. The second-order valence-electron chi connectivity index (χ2n) is 22.8. The smallest absolute Gasteiger partial charge is 0.303 e. The van der Waals surface area contributed by atoms with E-state index in [4.69, 9.17) is 21.1 Å². The third kappa shape index (κ3) is 7.66. The number of ether oxygens (including phenoxy) is 2. The number of aliphatic carboxylic acids is 1. The molecule has 3 N–H and O–H groups in total. The van der Waals surface area contributed by atoms with Gasteiger partial charge < -0.3 is 29.7 Å². The van der Waals surface area contributed by atoms with Crippen molar-refractivity contribution in [1.29, 1.82) is 0 Å². The molecular formula is C55H76ClNO7. The number of carboxylic acid groups (broad SMARTS) is 1. The predicted molar refractivity (Wildman–Crippen MR) is 252 cm³/mol. The second-order valence-corrected chi connectivity index (χ2v) is 23.0. The Kier molecular flexibility index (Phi) is 12.9. The summed E-state index contributed by atoms with van der Waals surface area (Å²) < 4.78 is 13.2. The van der Waals surface area contributed by atoms with E-state index in [1.54, 1.807) is 5.57 Å². The number of carbonyl (C=O) groups excluding carboxylic acids is 1. The summed E-state index contributed by atoms with van der Waals surface area (Å²) in [5.41, 5.74) is 5.25. The molecule has 8 aliphatic rings. The summed E-state index contributed by atoms with van der Waals surface area (Å²) in [6, 6.07) is 9.31. The summed E-state index contributed by atoms with van der Waals surface area (Å²) in [5, 5.41) is 33.7. The van der Waals surface area contributed by atoms with E-state index in [9.17, 15) is 24.9 Å². The van der Waals surface area contributed by atoms with E-state index in [1.807, 2.05) is 13.0 Å². The number of allylic oxidation sites excluding steroid dienone is 4. The van der Waals surface area contributed by atoms with Crippen LogP contribution in [0, 0.1) is 75.4 Å². The molecule has 1 aromatic carbocycles. The lowest BCUT2D eigenvalue weighted by molar-refractivity contribution is -0.215. The molecule has 16 atom stereocenters. The van der Waals surface area contributed by atoms with Crippen LogP contribution in [0.3, 0.4) is 0 Å². The lowest BCUT2D eigenvalue weighted by atomic mass is 9.43. The van der Waals surface area contributed by atoms with Crippen molar-refractivity contribution < 1.29 is 34.4 Å². The number of nitrogens with zero attached hydrogens (tertiary/aromatic N) is 1. The zero-order valence-electron chi connectivity index (χ0n) is 39.5. The van der Waals surface area contributed by atoms with Gasteiger partial charge in [-0.25, -0.2) is 0 Å². The number of rotatable bonds is 12. The highest BCUT2D eigenvalue weighted by molar-refractivity contribution is 6.17. The van der Waals surface area contributed by atoms with Crippen molar-refractivity contribution in [3.05, 3.63) is 52.6 Å². The number of halogens is 1. The van der Waals surface area contributed by atoms with Crippen molar-refractivity contribution in [2.75, 3.05) is 31.2 Å². The zero-order valence-corrected chi connectivity index (χ0v) is 40.3. The molecule has 0 heterocycles. The number of benzene rings is 1. The van der Waals surface area contributed by atoms with E-state index in [-0.39, 0.29) is 58.6 Å². The van der Waals surface area contributed by atoms with Gasteiger partial charge in [0.1, 0.15) is 11.7 Å². The maximum Gasteiger partial charge on any atom is 0.303 e. The normalized spacial score (nSPS) is 42.7. The maximum atomic E-state index is 12.5. The quantitative estimate of drug-likeness (QED) is 0.140.